The van der Waals surface area contributed by atoms with Gasteiger partial charge in [0.2, 0.25) is 0 Å². The maximum absolute atomic E-state index is 13.3. The van der Waals surface area contributed by atoms with Gasteiger partial charge in [0.05, 0.1) is 30.4 Å². The third-order valence-electron chi connectivity index (χ3n) is 6.98. The molecule has 1 spiro atoms. The lowest BCUT2D eigenvalue weighted by Crippen LogP contribution is -2.61. The summed E-state index contributed by atoms with van der Waals surface area (Å²) in [7, 11) is 0. The van der Waals surface area contributed by atoms with E-state index < -0.39 is 5.60 Å². The van der Waals surface area contributed by atoms with Crippen LogP contribution >= 0.6 is 11.3 Å². The fraction of sp³-hybridized carbons (Fsp3) is 0.414. The quantitative estimate of drug-likeness (QED) is 0.543. The van der Waals surface area contributed by atoms with Gasteiger partial charge in [-0.3, -0.25) is 9.59 Å². The molecule has 0 saturated carbocycles. The molecule has 38 heavy (non-hydrogen) atoms. The summed E-state index contributed by atoms with van der Waals surface area (Å²) in [6.45, 7) is 3.56. The normalized spacial score (nSPS) is 20.4. The molecule has 1 unspecified atom stereocenters. The van der Waals surface area contributed by atoms with Crippen LogP contribution in [-0.4, -0.2) is 66.8 Å². The van der Waals surface area contributed by atoms with E-state index in [2.05, 4.69) is 16.4 Å². The van der Waals surface area contributed by atoms with E-state index in [1.807, 2.05) is 54.8 Å². The lowest BCUT2D eigenvalue weighted by Gasteiger charge is -2.41. The first-order chi connectivity index (χ1) is 18.5. The fourth-order valence-corrected chi connectivity index (χ4v) is 5.54. The number of amides is 2. The second kappa shape index (κ2) is 12.0. The Labute approximate surface area is 226 Å². The van der Waals surface area contributed by atoms with Crippen molar-refractivity contribution >= 4 is 23.2 Å². The maximum Gasteiger partial charge on any atom is 0.260 e. The van der Waals surface area contributed by atoms with Crippen molar-refractivity contribution in [1.29, 1.82) is 0 Å². The van der Waals surface area contributed by atoms with Gasteiger partial charge < -0.3 is 24.4 Å². The van der Waals surface area contributed by atoms with Gasteiger partial charge in [-0.2, -0.15) is 0 Å². The van der Waals surface area contributed by atoms with Crippen LogP contribution in [0.25, 0.3) is 11.3 Å². The van der Waals surface area contributed by atoms with Crippen LogP contribution < -0.4 is 14.8 Å². The molecule has 1 atom stereocenters. The standard InChI is InChI=1S/C29H33N3O5S/c1-21-31-25(19-38-21)22-9-11-24(12-10-22)36-18-27(33)32-15-17-37-29(20-32)13-5-4-7-23-6-2-3-8-26(23)35-16-14-30-28(29)34/h2-3,6,8-12,19H,4-5,7,13-18,20H2,1H3,(H,30,34). The van der Waals surface area contributed by atoms with Gasteiger partial charge in [-0.05, 0) is 68.5 Å². The number of carbonyl (C=O) groups is 2. The van der Waals surface area contributed by atoms with E-state index in [9.17, 15) is 9.59 Å². The number of hydrogen-bond donors (Lipinski definition) is 1. The van der Waals surface area contributed by atoms with Gasteiger partial charge >= 0.3 is 0 Å². The highest BCUT2D eigenvalue weighted by Gasteiger charge is 2.44. The summed E-state index contributed by atoms with van der Waals surface area (Å²) >= 11 is 1.61. The maximum atomic E-state index is 13.3. The van der Waals surface area contributed by atoms with Crippen LogP contribution in [0.15, 0.2) is 53.9 Å². The minimum Gasteiger partial charge on any atom is -0.491 e. The Morgan fingerprint density at radius 2 is 2.00 bits per heavy atom. The molecule has 0 aliphatic carbocycles. The van der Waals surface area contributed by atoms with Crippen LogP contribution in [0.2, 0.25) is 0 Å². The average Bonchev–Trinajstić information content (AvgIpc) is 3.38. The molecule has 200 valence electrons. The number of nitrogens with zero attached hydrogens (tertiary/aromatic N) is 2. The van der Waals surface area contributed by atoms with Crippen molar-refractivity contribution in [3.8, 4) is 22.8 Å². The van der Waals surface area contributed by atoms with E-state index in [0.29, 0.717) is 38.5 Å². The Morgan fingerprint density at radius 3 is 2.82 bits per heavy atom. The van der Waals surface area contributed by atoms with Gasteiger partial charge in [-0.25, -0.2) is 4.98 Å². The number of benzene rings is 2. The predicted molar refractivity (Wildman–Crippen MR) is 146 cm³/mol. The van der Waals surface area contributed by atoms with Gasteiger partial charge in [-0.15, -0.1) is 11.3 Å². The Hall–Kier alpha value is -3.43. The molecule has 1 N–H and O–H groups in total. The minimum atomic E-state index is -1.07. The number of morpholine rings is 1. The number of fused-ring (bicyclic) bond motifs is 1. The molecule has 2 amide bonds. The zero-order valence-corrected chi connectivity index (χ0v) is 22.4. The summed E-state index contributed by atoms with van der Waals surface area (Å²) in [5.41, 5.74) is 2.03. The van der Waals surface area contributed by atoms with Crippen LogP contribution in [0.5, 0.6) is 11.5 Å². The van der Waals surface area contributed by atoms with Crippen LogP contribution in [0, 0.1) is 6.92 Å². The molecule has 1 aromatic heterocycles. The zero-order valence-electron chi connectivity index (χ0n) is 21.6. The molecular weight excluding hydrogens is 502 g/mol. The van der Waals surface area contributed by atoms with Crippen molar-refractivity contribution < 1.29 is 23.8 Å². The molecule has 3 aromatic rings. The molecule has 2 aliphatic heterocycles. The van der Waals surface area contributed by atoms with E-state index in [0.717, 1.165) is 41.3 Å². The van der Waals surface area contributed by atoms with Crippen molar-refractivity contribution in [1.82, 2.24) is 15.2 Å². The highest BCUT2D eigenvalue weighted by Crippen LogP contribution is 2.28. The Morgan fingerprint density at radius 1 is 1.16 bits per heavy atom. The van der Waals surface area contributed by atoms with Gasteiger partial charge in [-0.1, -0.05) is 18.2 Å². The summed E-state index contributed by atoms with van der Waals surface area (Å²) in [6, 6.07) is 15.6. The van der Waals surface area contributed by atoms with E-state index in [-0.39, 0.29) is 25.0 Å². The van der Waals surface area contributed by atoms with Crippen molar-refractivity contribution in [2.45, 2.75) is 38.2 Å². The molecule has 8 nitrogen and oxygen atoms in total. The Balaban J connectivity index is 1.19. The topological polar surface area (TPSA) is 90.0 Å². The first-order valence-electron chi connectivity index (χ1n) is 13.1. The highest BCUT2D eigenvalue weighted by atomic mass is 32.1. The highest BCUT2D eigenvalue weighted by molar-refractivity contribution is 7.09. The second-order valence-electron chi connectivity index (χ2n) is 9.64. The van der Waals surface area contributed by atoms with Crippen LogP contribution in [0.3, 0.4) is 0 Å². The number of hydrogen-bond acceptors (Lipinski definition) is 7. The van der Waals surface area contributed by atoms with Gasteiger partial charge in [0.15, 0.2) is 12.2 Å². The molecule has 1 fully saturated rings. The Kier molecular flexibility index (Phi) is 8.24. The van der Waals surface area contributed by atoms with Crippen molar-refractivity contribution in [3.63, 3.8) is 0 Å². The summed E-state index contributed by atoms with van der Waals surface area (Å²) in [5, 5.41) is 6.00. The van der Waals surface area contributed by atoms with Gasteiger partial charge in [0.1, 0.15) is 18.1 Å². The lowest BCUT2D eigenvalue weighted by atomic mass is 9.91. The minimum absolute atomic E-state index is 0.0997. The molecule has 0 radical (unpaired) electrons. The number of carbonyl (C=O) groups excluding carboxylic acids is 2. The fourth-order valence-electron chi connectivity index (χ4n) is 4.92. The Bertz CT molecular complexity index is 1260. The van der Waals surface area contributed by atoms with Crippen molar-refractivity contribution in [2.75, 3.05) is 39.5 Å². The molecule has 1 saturated heterocycles. The molecule has 2 aliphatic rings. The van der Waals surface area contributed by atoms with Crippen LogP contribution in [0.4, 0.5) is 0 Å². The van der Waals surface area contributed by atoms with E-state index >= 15 is 0 Å². The van der Waals surface area contributed by atoms with Crippen LogP contribution in [0.1, 0.15) is 29.8 Å². The summed E-state index contributed by atoms with van der Waals surface area (Å²) < 4.78 is 17.8. The first-order valence-corrected chi connectivity index (χ1v) is 14.0. The number of aryl methyl sites for hydroxylation is 2. The van der Waals surface area contributed by atoms with E-state index in [1.54, 1.807) is 16.2 Å². The monoisotopic (exact) mass is 535 g/mol. The van der Waals surface area contributed by atoms with Crippen molar-refractivity contribution in [3.05, 3.63) is 64.5 Å². The molecule has 2 aromatic carbocycles. The molecule has 3 heterocycles. The number of nitrogens with one attached hydrogen (secondary N) is 1. The molecule has 0 bridgehead atoms. The molecular formula is C29H33N3O5S. The summed E-state index contributed by atoms with van der Waals surface area (Å²) in [5.74, 6) is 1.13. The SMILES string of the molecule is Cc1nc(-c2ccc(OCC(=O)N3CCOC4(CCCCc5ccccc5OCCNC4=O)C3)cc2)cs1. The number of rotatable bonds is 4. The third-order valence-corrected chi connectivity index (χ3v) is 7.75. The average molecular weight is 536 g/mol. The summed E-state index contributed by atoms with van der Waals surface area (Å²) in [6.07, 6.45) is 3.10. The van der Waals surface area contributed by atoms with E-state index in [1.165, 1.54) is 5.56 Å². The zero-order chi connectivity index (χ0) is 26.4. The number of aromatic nitrogens is 1. The van der Waals surface area contributed by atoms with Gasteiger partial charge in [0.25, 0.3) is 11.8 Å². The van der Waals surface area contributed by atoms with Crippen LogP contribution in [-0.2, 0) is 20.7 Å². The summed E-state index contributed by atoms with van der Waals surface area (Å²) in [4.78, 5) is 32.6. The number of para-hydroxylation sites is 1. The molecule has 9 heteroatoms. The number of thiazole rings is 1. The predicted octanol–water partition coefficient (Wildman–Crippen LogP) is 4.02. The van der Waals surface area contributed by atoms with E-state index in [4.69, 9.17) is 14.2 Å². The third kappa shape index (κ3) is 6.16. The second-order valence-corrected chi connectivity index (χ2v) is 10.7. The smallest absolute Gasteiger partial charge is 0.260 e. The van der Waals surface area contributed by atoms with Crippen molar-refractivity contribution in [2.24, 2.45) is 0 Å². The molecule has 5 rings (SSSR count). The largest absolute Gasteiger partial charge is 0.491 e. The first kappa shape index (κ1) is 26.2. The number of ether oxygens (including phenoxy) is 3. The lowest BCUT2D eigenvalue weighted by molar-refractivity contribution is -0.168. The van der Waals surface area contributed by atoms with Gasteiger partial charge in [0, 0.05) is 17.5 Å².